The Hall–Kier alpha value is -1.05. The highest BCUT2D eigenvalue weighted by Gasteiger charge is 2.23. The Balaban J connectivity index is 2.41. The molecule has 1 unspecified atom stereocenters. The van der Waals surface area contributed by atoms with Gasteiger partial charge in [-0.25, -0.2) is 4.98 Å². The molecule has 0 aromatic carbocycles. The molecule has 1 aromatic heterocycles. The van der Waals surface area contributed by atoms with Crippen LogP contribution in [0, 0.1) is 11.3 Å². The van der Waals surface area contributed by atoms with Crippen molar-refractivity contribution in [2.75, 3.05) is 5.75 Å². The van der Waals surface area contributed by atoms with Crippen LogP contribution >= 0.6 is 11.8 Å². The second kappa shape index (κ2) is 6.63. The highest BCUT2D eigenvalue weighted by molar-refractivity contribution is 7.99. The molecule has 0 fully saturated rings. The zero-order valence-electron chi connectivity index (χ0n) is 10.6. The predicted octanol–water partition coefficient (Wildman–Crippen LogP) is 2.84. The average Bonchev–Trinajstić information content (AvgIpc) is 2.29. The molecule has 0 radical (unpaired) electrons. The van der Waals surface area contributed by atoms with Gasteiger partial charge in [0.05, 0.1) is 11.1 Å². The van der Waals surface area contributed by atoms with Crippen molar-refractivity contribution < 1.29 is 0 Å². The van der Waals surface area contributed by atoms with Crippen molar-refractivity contribution >= 4 is 11.8 Å². The fraction of sp³-hybridized carbons (Fsp3) is 0.538. The van der Waals surface area contributed by atoms with Crippen molar-refractivity contribution in [3.05, 3.63) is 24.4 Å². The normalized spacial score (nSPS) is 14.3. The van der Waals surface area contributed by atoms with Crippen LogP contribution in [0.4, 0.5) is 0 Å². The first-order valence-electron chi connectivity index (χ1n) is 5.78. The quantitative estimate of drug-likeness (QED) is 0.788. The number of hydrogen-bond acceptors (Lipinski definition) is 4. The molecule has 0 aliphatic rings. The van der Waals surface area contributed by atoms with Gasteiger partial charge in [-0.3, -0.25) is 5.32 Å². The maximum Gasteiger partial charge on any atom is 0.104 e. The first-order chi connectivity index (χ1) is 8.06. The molecule has 0 aliphatic heterocycles. The van der Waals surface area contributed by atoms with E-state index in [9.17, 15) is 5.26 Å². The van der Waals surface area contributed by atoms with Gasteiger partial charge >= 0.3 is 0 Å². The number of rotatable bonds is 6. The number of nitrogens with zero attached hydrogens (tertiary/aromatic N) is 2. The molecule has 4 heteroatoms. The molecule has 3 nitrogen and oxygen atoms in total. The van der Waals surface area contributed by atoms with E-state index in [1.165, 1.54) is 0 Å². The zero-order valence-corrected chi connectivity index (χ0v) is 11.4. The van der Waals surface area contributed by atoms with Gasteiger partial charge in [-0.2, -0.15) is 5.26 Å². The van der Waals surface area contributed by atoms with Gasteiger partial charge in [-0.1, -0.05) is 6.07 Å². The van der Waals surface area contributed by atoms with Crippen LogP contribution in [0.1, 0.15) is 27.2 Å². The molecule has 0 amide bonds. The summed E-state index contributed by atoms with van der Waals surface area (Å²) in [5, 5.41) is 13.5. The van der Waals surface area contributed by atoms with Crippen LogP contribution in [-0.2, 0) is 0 Å². The molecular weight excluding hydrogens is 230 g/mol. The van der Waals surface area contributed by atoms with E-state index in [0.29, 0.717) is 6.04 Å². The van der Waals surface area contributed by atoms with E-state index in [1.54, 1.807) is 18.0 Å². The van der Waals surface area contributed by atoms with Crippen LogP contribution in [0.25, 0.3) is 0 Å². The fourth-order valence-electron chi connectivity index (χ4n) is 1.59. The lowest BCUT2D eigenvalue weighted by atomic mass is 10.0. The van der Waals surface area contributed by atoms with Crippen molar-refractivity contribution in [2.45, 2.75) is 43.8 Å². The minimum Gasteiger partial charge on any atom is -0.297 e. The van der Waals surface area contributed by atoms with Gasteiger partial charge < -0.3 is 0 Å². The first-order valence-corrected chi connectivity index (χ1v) is 6.77. The van der Waals surface area contributed by atoms with Gasteiger partial charge in [0.15, 0.2) is 0 Å². The summed E-state index contributed by atoms with van der Waals surface area (Å²) in [6.07, 6.45) is 2.60. The Morgan fingerprint density at radius 2 is 2.29 bits per heavy atom. The van der Waals surface area contributed by atoms with E-state index >= 15 is 0 Å². The third-order valence-corrected chi connectivity index (χ3v) is 3.29. The smallest absolute Gasteiger partial charge is 0.104 e. The summed E-state index contributed by atoms with van der Waals surface area (Å²) in [5.41, 5.74) is -0.448. The largest absolute Gasteiger partial charge is 0.297 e. The van der Waals surface area contributed by atoms with Gasteiger partial charge in [0.1, 0.15) is 5.54 Å². The molecule has 92 valence electrons. The number of pyridine rings is 1. The summed E-state index contributed by atoms with van der Waals surface area (Å²) in [5.74, 6) is 0.890. The summed E-state index contributed by atoms with van der Waals surface area (Å²) in [6.45, 7) is 6.06. The van der Waals surface area contributed by atoms with Crippen LogP contribution in [0.3, 0.4) is 0 Å². The highest BCUT2D eigenvalue weighted by atomic mass is 32.2. The van der Waals surface area contributed by atoms with Gasteiger partial charge in [-0.15, -0.1) is 11.8 Å². The minimum absolute atomic E-state index is 0.319. The first kappa shape index (κ1) is 14.0. The van der Waals surface area contributed by atoms with E-state index in [1.807, 2.05) is 25.1 Å². The minimum atomic E-state index is -0.448. The standard InChI is InChI=1S/C13H19N3S/c1-11(2)16-13(3,10-14)7-9-17-12-6-4-5-8-15-12/h4-6,8,11,16H,7,9H2,1-3H3. The summed E-state index contributed by atoms with van der Waals surface area (Å²) < 4.78 is 0. The maximum absolute atomic E-state index is 9.19. The summed E-state index contributed by atoms with van der Waals surface area (Å²) in [6, 6.07) is 8.54. The average molecular weight is 249 g/mol. The SMILES string of the molecule is CC(C)NC(C)(C#N)CCSc1ccccn1. The van der Waals surface area contributed by atoms with Crippen molar-refractivity contribution in [1.82, 2.24) is 10.3 Å². The van der Waals surface area contributed by atoms with E-state index in [-0.39, 0.29) is 0 Å². The van der Waals surface area contributed by atoms with Crippen molar-refractivity contribution in [3.63, 3.8) is 0 Å². The van der Waals surface area contributed by atoms with Gasteiger partial charge in [0.2, 0.25) is 0 Å². The van der Waals surface area contributed by atoms with Crippen LogP contribution in [0.15, 0.2) is 29.4 Å². The zero-order chi connectivity index (χ0) is 12.7. The van der Waals surface area contributed by atoms with Crippen molar-refractivity contribution in [1.29, 1.82) is 5.26 Å². The third-order valence-electron chi connectivity index (χ3n) is 2.34. The molecular formula is C13H19N3S. The van der Waals surface area contributed by atoms with Crippen LogP contribution in [-0.4, -0.2) is 22.3 Å². The number of hydrogen-bond donors (Lipinski definition) is 1. The highest BCUT2D eigenvalue weighted by Crippen LogP contribution is 2.19. The number of nitrogens with one attached hydrogen (secondary N) is 1. The molecule has 1 N–H and O–H groups in total. The third kappa shape index (κ3) is 5.20. The van der Waals surface area contributed by atoms with E-state index in [4.69, 9.17) is 0 Å². The molecule has 1 aromatic rings. The number of nitriles is 1. The lowest BCUT2D eigenvalue weighted by molar-refractivity contribution is 0.397. The maximum atomic E-state index is 9.19. The predicted molar refractivity (Wildman–Crippen MR) is 71.9 cm³/mol. The number of thioether (sulfide) groups is 1. The number of aromatic nitrogens is 1. The molecule has 1 atom stereocenters. The van der Waals surface area contributed by atoms with Gasteiger partial charge in [0.25, 0.3) is 0 Å². The van der Waals surface area contributed by atoms with E-state index in [2.05, 4.69) is 30.2 Å². The molecule has 0 saturated carbocycles. The summed E-state index contributed by atoms with van der Waals surface area (Å²) in [4.78, 5) is 4.24. The Bertz CT molecular complexity index is 372. The molecule has 0 saturated heterocycles. The summed E-state index contributed by atoms with van der Waals surface area (Å²) >= 11 is 1.69. The Kier molecular flexibility index (Phi) is 5.46. The molecule has 17 heavy (non-hydrogen) atoms. The fourth-order valence-corrected chi connectivity index (χ4v) is 2.62. The van der Waals surface area contributed by atoms with Crippen molar-refractivity contribution in [2.24, 2.45) is 0 Å². The Morgan fingerprint density at radius 3 is 2.82 bits per heavy atom. The Labute approximate surface area is 108 Å². The molecule has 0 bridgehead atoms. The van der Waals surface area contributed by atoms with E-state index in [0.717, 1.165) is 17.2 Å². The summed E-state index contributed by atoms with van der Waals surface area (Å²) in [7, 11) is 0. The topological polar surface area (TPSA) is 48.7 Å². The lowest BCUT2D eigenvalue weighted by Crippen LogP contribution is -2.45. The molecule has 0 spiro atoms. The van der Waals surface area contributed by atoms with Crippen LogP contribution in [0.2, 0.25) is 0 Å². The van der Waals surface area contributed by atoms with E-state index < -0.39 is 5.54 Å². The lowest BCUT2D eigenvalue weighted by Gasteiger charge is -2.25. The molecule has 1 heterocycles. The second-order valence-corrected chi connectivity index (χ2v) is 5.62. The monoisotopic (exact) mass is 249 g/mol. The molecule has 1 rings (SSSR count). The Morgan fingerprint density at radius 1 is 1.53 bits per heavy atom. The van der Waals surface area contributed by atoms with Gasteiger partial charge in [0, 0.05) is 18.0 Å². The van der Waals surface area contributed by atoms with Crippen LogP contribution in [0.5, 0.6) is 0 Å². The second-order valence-electron chi connectivity index (χ2n) is 4.51. The van der Waals surface area contributed by atoms with Gasteiger partial charge in [-0.05, 0) is 39.3 Å². The van der Waals surface area contributed by atoms with Crippen LogP contribution < -0.4 is 5.32 Å². The van der Waals surface area contributed by atoms with Crippen molar-refractivity contribution in [3.8, 4) is 6.07 Å². The molecule has 0 aliphatic carbocycles.